The number of halogens is 1. The average molecular weight is 368 g/mol. The standard InChI is InChI=1S/C21H21FN2O3/c1-11-6-5-7-12-18(11)23-10-13(19(12)26)20(27)24-16-9-17(25)14(8-15(16)22)21(2,3)4/h5-10,25H,1-4H3,(H,23,26)(H,24,27). The number of para-hydroxylation sites is 1. The number of phenols is 1. The van der Waals surface area contributed by atoms with Crippen molar-refractivity contribution in [3.63, 3.8) is 0 Å². The van der Waals surface area contributed by atoms with Gasteiger partial charge in [-0.05, 0) is 30.0 Å². The van der Waals surface area contributed by atoms with Gasteiger partial charge < -0.3 is 15.4 Å². The molecule has 0 unspecified atom stereocenters. The van der Waals surface area contributed by atoms with Crippen LogP contribution in [0.15, 0.2) is 41.3 Å². The maximum absolute atomic E-state index is 14.4. The third kappa shape index (κ3) is 3.43. The molecule has 140 valence electrons. The van der Waals surface area contributed by atoms with Crippen LogP contribution in [0.5, 0.6) is 5.75 Å². The summed E-state index contributed by atoms with van der Waals surface area (Å²) in [5.41, 5.74) is 0.739. The van der Waals surface area contributed by atoms with Gasteiger partial charge in [0.1, 0.15) is 17.1 Å². The summed E-state index contributed by atoms with van der Waals surface area (Å²) in [6.07, 6.45) is 1.31. The first-order valence-corrected chi connectivity index (χ1v) is 8.55. The van der Waals surface area contributed by atoms with Gasteiger partial charge in [0.2, 0.25) is 5.43 Å². The number of phenolic OH excluding ortho intramolecular Hbond substituents is 1. The van der Waals surface area contributed by atoms with Crippen LogP contribution < -0.4 is 10.7 Å². The molecule has 27 heavy (non-hydrogen) atoms. The molecule has 1 aromatic heterocycles. The van der Waals surface area contributed by atoms with Gasteiger partial charge in [-0.3, -0.25) is 9.59 Å². The van der Waals surface area contributed by atoms with E-state index in [0.717, 1.165) is 11.6 Å². The van der Waals surface area contributed by atoms with Gasteiger partial charge in [-0.25, -0.2) is 4.39 Å². The second kappa shape index (κ2) is 6.54. The molecule has 0 spiro atoms. The number of rotatable bonds is 2. The Kier molecular flexibility index (Phi) is 4.51. The summed E-state index contributed by atoms with van der Waals surface area (Å²) in [5, 5.41) is 12.9. The number of benzene rings is 2. The molecule has 6 heteroatoms. The molecule has 0 fully saturated rings. The average Bonchev–Trinajstić information content (AvgIpc) is 2.57. The Labute approximate surface area is 155 Å². The number of amides is 1. The zero-order chi connectivity index (χ0) is 19.9. The lowest BCUT2D eigenvalue weighted by Crippen LogP contribution is -2.23. The van der Waals surface area contributed by atoms with Gasteiger partial charge in [-0.15, -0.1) is 0 Å². The number of carbonyl (C=O) groups excluding carboxylic acids is 1. The van der Waals surface area contributed by atoms with Crippen molar-refractivity contribution in [1.82, 2.24) is 4.98 Å². The first-order valence-electron chi connectivity index (χ1n) is 8.55. The number of aromatic hydroxyl groups is 1. The highest BCUT2D eigenvalue weighted by Crippen LogP contribution is 2.34. The Bertz CT molecular complexity index is 1110. The van der Waals surface area contributed by atoms with Crippen LogP contribution in [0.4, 0.5) is 10.1 Å². The zero-order valence-corrected chi connectivity index (χ0v) is 15.6. The van der Waals surface area contributed by atoms with Gasteiger partial charge in [0.05, 0.1) is 11.2 Å². The molecule has 0 atom stereocenters. The van der Waals surface area contributed by atoms with Crippen LogP contribution in [0.25, 0.3) is 10.9 Å². The second-order valence-corrected chi connectivity index (χ2v) is 7.58. The second-order valence-electron chi connectivity index (χ2n) is 7.58. The van der Waals surface area contributed by atoms with Crippen molar-refractivity contribution in [2.24, 2.45) is 0 Å². The summed E-state index contributed by atoms with van der Waals surface area (Å²) in [6.45, 7) is 7.38. The molecular formula is C21H21FN2O3. The molecule has 1 amide bonds. The van der Waals surface area contributed by atoms with E-state index in [1.165, 1.54) is 12.3 Å². The number of aryl methyl sites for hydroxylation is 1. The van der Waals surface area contributed by atoms with Crippen molar-refractivity contribution in [3.8, 4) is 5.75 Å². The largest absolute Gasteiger partial charge is 0.508 e. The normalized spacial score (nSPS) is 11.6. The fourth-order valence-electron chi connectivity index (χ4n) is 3.02. The highest BCUT2D eigenvalue weighted by atomic mass is 19.1. The lowest BCUT2D eigenvalue weighted by Gasteiger charge is -2.21. The Morgan fingerprint density at radius 2 is 1.93 bits per heavy atom. The number of carbonyl (C=O) groups is 1. The van der Waals surface area contributed by atoms with Crippen LogP contribution in [0.2, 0.25) is 0 Å². The minimum absolute atomic E-state index is 0.123. The van der Waals surface area contributed by atoms with Crippen molar-refractivity contribution < 1.29 is 14.3 Å². The van der Waals surface area contributed by atoms with Gasteiger partial charge >= 0.3 is 0 Å². The quantitative estimate of drug-likeness (QED) is 0.633. The smallest absolute Gasteiger partial charge is 0.261 e. The summed E-state index contributed by atoms with van der Waals surface area (Å²) in [4.78, 5) is 28.1. The van der Waals surface area contributed by atoms with E-state index >= 15 is 0 Å². The number of aromatic amines is 1. The first kappa shape index (κ1) is 18.6. The van der Waals surface area contributed by atoms with Gasteiger partial charge in [-0.1, -0.05) is 32.9 Å². The number of hydrogen-bond donors (Lipinski definition) is 3. The van der Waals surface area contributed by atoms with Gasteiger partial charge in [0.15, 0.2) is 0 Å². The van der Waals surface area contributed by atoms with E-state index in [2.05, 4.69) is 10.3 Å². The molecule has 3 aromatic rings. The van der Waals surface area contributed by atoms with Crippen LogP contribution in [-0.4, -0.2) is 16.0 Å². The van der Waals surface area contributed by atoms with Crippen molar-refractivity contribution in [2.75, 3.05) is 5.32 Å². The van der Waals surface area contributed by atoms with E-state index in [9.17, 15) is 19.1 Å². The van der Waals surface area contributed by atoms with E-state index < -0.39 is 22.6 Å². The third-order valence-corrected chi connectivity index (χ3v) is 4.51. The van der Waals surface area contributed by atoms with Crippen molar-refractivity contribution in [3.05, 3.63) is 69.3 Å². The van der Waals surface area contributed by atoms with Crippen molar-refractivity contribution in [2.45, 2.75) is 33.1 Å². The van der Waals surface area contributed by atoms with Crippen molar-refractivity contribution >= 4 is 22.5 Å². The number of aromatic nitrogens is 1. The van der Waals surface area contributed by atoms with Crippen LogP contribution in [-0.2, 0) is 5.41 Å². The van der Waals surface area contributed by atoms with E-state index in [4.69, 9.17) is 0 Å². The molecule has 0 aliphatic heterocycles. The molecule has 0 aliphatic carbocycles. The van der Waals surface area contributed by atoms with Crippen molar-refractivity contribution in [1.29, 1.82) is 0 Å². The molecule has 0 radical (unpaired) electrons. The van der Waals surface area contributed by atoms with E-state index in [1.54, 1.807) is 12.1 Å². The maximum atomic E-state index is 14.4. The maximum Gasteiger partial charge on any atom is 0.261 e. The van der Waals surface area contributed by atoms with Crippen LogP contribution in [0.3, 0.4) is 0 Å². The van der Waals surface area contributed by atoms with E-state index in [-0.39, 0.29) is 17.0 Å². The Balaban J connectivity index is 1.99. The molecule has 0 saturated heterocycles. The number of anilines is 1. The van der Waals surface area contributed by atoms with E-state index in [0.29, 0.717) is 16.5 Å². The molecule has 2 aromatic carbocycles. The minimum atomic E-state index is -0.749. The summed E-state index contributed by atoms with van der Waals surface area (Å²) in [7, 11) is 0. The molecule has 0 saturated carbocycles. The van der Waals surface area contributed by atoms with E-state index in [1.807, 2.05) is 33.8 Å². The fraction of sp³-hybridized carbons (Fsp3) is 0.238. The number of pyridine rings is 1. The number of H-pyrrole nitrogens is 1. The molecule has 5 nitrogen and oxygen atoms in total. The number of nitrogens with one attached hydrogen (secondary N) is 2. The van der Waals surface area contributed by atoms with Gasteiger partial charge in [0.25, 0.3) is 5.91 Å². The van der Waals surface area contributed by atoms with Gasteiger partial charge in [-0.2, -0.15) is 0 Å². The molecular weight excluding hydrogens is 347 g/mol. The highest BCUT2D eigenvalue weighted by Gasteiger charge is 2.22. The number of hydrogen-bond acceptors (Lipinski definition) is 3. The van der Waals surface area contributed by atoms with Crippen LogP contribution in [0.1, 0.15) is 42.3 Å². The highest BCUT2D eigenvalue weighted by molar-refractivity contribution is 6.06. The number of fused-ring (bicyclic) bond motifs is 1. The SMILES string of the molecule is Cc1cccc2c(=O)c(C(=O)Nc3cc(O)c(C(C)(C)C)cc3F)c[nH]c12. The molecule has 3 rings (SSSR count). The summed E-state index contributed by atoms with van der Waals surface area (Å²) < 4.78 is 14.4. The first-order chi connectivity index (χ1) is 12.6. The molecule has 1 heterocycles. The lowest BCUT2D eigenvalue weighted by atomic mass is 9.86. The topological polar surface area (TPSA) is 82.2 Å². The summed E-state index contributed by atoms with van der Waals surface area (Å²) >= 11 is 0. The predicted octanol–water partition coefficient (Wildman–Crippen LogP) is 4.23. The van der Waals surface area contributed by atoms with Crippen LogP contribution >= 0.6 is 0 Å². The summed E-state index contributed by atoms with van der Waals surface area (Å²) in [5.74, 6) is -1.55. The summed E-state index contributed by atoms with van der Waals surface area (Å²) in [6, 6.07) is 7.57. The molecule has 3 N–H and O–H groups in total. The minimum Gasteiger partial charge on any atom is -0.508 e. The molecule has 0 bridgehead atoms. The Hall–Kier alpha value is -3.15. The predicted molar refractivity (Wildman–Crippen MR) is 104 cm³/mol. The Morgan fingerprint density at radius 1 is 1.22 bits per heavy atom. The zero-order valence-electron chi connectivity index (χ0n) is 15.6. The lowest BCUT2D eigenvalue weighted by molar-refractivity contribution is 0.102. The van der Waals surface area contributed by atoms with Gasteiger partial charge in [0, 0.05) is 23.2 Å². The Morgan fingerprint density at radius 3 is 2.59 bits per heavy atom. The third-order valence-electron chi connectivity index (χ3n) is 4.51. The molecule has 0 aliphatic rings. The van der Waals surface area contributed by atoms with Crippen LogP contribution in [0, 0.1) is 12.7 Å². The monoisotopic (exact) mass is 368 g/mol. The fourth-order valence-corrected chi connectivity index (χ4v) is 3.02.